The van der Waals surface area contributed by atoms with E-state index in [0.717, 1.165) is 56.0 Å². The Morgan fingerprint density at radius 2 is 1.85 bits per heavy atom. The first-order valence-electron chi connectivity index (χ1n) is 10.9. The summed E-state index contributed by atoms with van der Waals surface area (Å²) in [6.45, 7) is 5.06. The minimum Gasteiger partial charge on any atom is -0.384 e. The molecule has 3 aromatic rings. The summed E-state index contributed by atoms with van der Waals surface area (Å²) in [5.41, 5.74) is -0.194. The first kappa shape index (κ1) is 21.8. The minimum absolute atomic E-state index is 0.155. The highest BCUT2D eigenvalue weighted by atomic mass is 19.4. The van der Waals surface area contributed by atoms with Gasteiger partial charge in [-0.3, -0.25) is 19.7 Å². The Morgan fingerprint density at radius 3 is 2.45 bits per heavy atom. The molecule has 7 nitrogen and oxygen atoms in total. The minimum atomic E-state index is -4.72. The van der Waals surface area contributed by atoms with Crippen LogP contribution < -0.4 is 10.5 Å². The number of nitrogens with one attached hydrogen (secondary N) is 1. The SMILES string of the molecule is Cc1c(C(F)(F)F)c(=O)[nH]c2cc(CN3CCN(c4ccc(C5(O)CC5)nc4)CC3)cnc12. The standard InChI is InChI=1S/C23H24F3N5O2/c1-14-19(23(24,25)26)21(32)29-17-10-15(11-28-20(14)17)13-30-6-8-31(9-7-30)16-2-3-18(27-12-16)22(33)4-5-22/h2-3,10-12,33H,4-9,13H2,1H3,(H,29,32). The summed E-state index contributed by atoms with van der Waals surface area (Å²) >= 11 is 0. The van der Waals surface area contributed by atoms with Crippen molar-refractivity contribution in [3.63, 3.8) is 0 Å². The van der Waals surface area contributed by atoms with E-state index in [1.807, 2.05) is 18.3 Å². The highest BCUT2D eigenvalue weighted by Crippen LogP contribution is 2.44. The molecule has 2 fully saturated rings. The van der Waals surface area contributed by atoms with Gasteiger partial charge in [-0.15, -0.1) is 0 Å². The first-order valence-corrected chi connectivity index (χ1v) is 10.9. The molecule has 2 N–H and O–H groups in total. The molecule has 1 aliphatic carbocycles. The van der Waals surface area contributed by atoms with Crippen LogP contribution in [0.4, 0.5) is 18.9 Å². The Bertz CT molecular complexity index is 1240. The molecule has 1 saturated carbocycles. The molecular weight excluding hydrogens is 435 g/mol. The van der Waals surface area contributed by atoms with Crippen molar-refractivity contribution in [3.8, 4) is 0 Å². The second-order valence-corrected chi connectivity index (χ2v) is 8.89. The molecule has 1 saturated heterocycles. The van der Waals surface area contributed by atoms with E-state index in [2.05, 4.69) is 24.8 Å². The third-order valence-corrected chi connectivity index (χ3v) is 6.53. The van der Waals surface area contributed by atoms with Crippen LogP contribution in [0.2, 0.25) is 0 Å². The summed E-state index contributed by atoms with van der Waals surface area (Å²) in [5.74, 6) is 0. The Hall–Kier alpha value is -2.98. The Balaban J connectivity index is 1.26. The average Bonchev–Trinajstić information content (AvgIpc) is 3.52. The van der Waals surface area contributed by atoms with Crippen molar-refractivity contribution in [2.45, 2.75) is 38.1 Å². The molecule has 3 aromatic heterocycles. The van der Waals surface area contributed by atoms with Crippen molar-refractivity contribution in [1.82, 2.24) is 19.9 Å². The second-order valence-electron chi connectivity index (χ2n) is 8.89. The molecule has 0 aromatic carbocycles. The number of piperazine rings is 1. The van der Waals surface area contributed by atoms with Crippen LogP contribution in [0, 0.1) is 6.92 Å². The Morgan fingerprint density at radius 1 is 1.12 bits per heavy atom. The van der Waals surface area contributed by atoms with Crippen LogP contribution in [-0.2, 0) is 18.3 Å². The molecule has 33 heavy (non-hydrogen) atoms. The van der Waals surface area contributed by atoms with E-state index < -0.39 is 22.9 Å². The molecule has 5 rings (SSSR count). The number of anilines is 1. The molecule has 2 aliphatic rings. The lowest BCUT2D eigenvalue weighted by Crippen LogP contribution is -2.46. The van der Waals surface area contributed by atoms with Crippen molar-refractivity contribution in [2.75, 3.05) is 31.1 Å². The van der Waals surface area contributed by atoms with Gasteiger partial charge in [-0.1, -0.05) is 0 Å². The summed E-state index contributed by atoms with van der Waals surface area (Å²) < 4.78 is 39.5. The van der Waals surface area contributed by atoms with E-state index in [4.69, 9.17) is 0 Å². The number of nitrogens with zero attached hydrogens (tertiary/aromatic N) is 4. The molecule has 0 spiro atoms. The number of aliphatic hydroxyl groups is 1. The number of aryl methyl sites for hydroxylation is 1. The van der Waals surface area contributed by atoms with Crippen LogP contribution in [-0.4, -0.2) is 51.1 Å². The monoisotopic (exact) mass is 459 g/mol. The third kappa shape index (κ3) is 4.20. The van der Waals surface area contributed by atoms with Gasteiger partial charge in [-0.25, -0.2) is 0 Å². The quantitative estimate of drug-likeness (QED) is 0.624. The highest BCUT2D eigenvalue weighted by Gasteiger charge is 2.43. The van der Waals surface area contributed by atoms with Crippen molar-refractivity contribution >= 4 is 16.7 Å². The average molecular weight is 459 g/mol. The summed E-state index contributed by atoms with van der Waals surface area (Å²) in [7, 11) is 0. The number of pyridine rings is 3. The lowest BCUT2D eigenvalue weighted by molar-refractivity contribution is -0.139. The van der Waals surface area contributed by atoms with Crippen molar-refractivity contribution < 1.29 is 18.3 Å². The summed E-state index contributed by atoms with van der Waals surface area (Å²) in [6.07, 6.45) is 0.185. The van der Waals surface area contributed by atoms with E-state index in [1.165, 1.54) is 6.92 Å². The van der Waals surface area contributed by atoms with Crippen molar-refractivity contribution in [1.29, 1.82) is 0 Å². The van der Waals surface area contributed by atoms with Crippen molar-refractivity contribution in [2.24, 2.45) is 0 Å². The van der Waals surface area contributed by atoms with Gasteiger partial charge in [-0.2, -0.15) is 13.2 Å². The molecule has 0 radical (unpaired) electrons. The fourth-order valence-electron chi connectivity index (χ4n) is 4.45. The van der Waals surface area contributed by atoms with Gasteiger partial charge >= 0.3 is 6.18 Å². The normalized spacial score (nSPS) is 18.6. The van der Waals surface area contributed by atoms with Crippen LogP contribution in [0.15, 0.2) is 35.4 Å². The Kier molecular flexibility index (Phi) is 5.17. The fourth-order valence-corrected chi connectivity index (χ4v) is 4.45. The highest BCUT2D eigenvalue weighted by molar-refractivity contribution is 5.79. The van der Waals surface area contributed by atoms with Crippen LogP contribution in [0.25, 0.3) is 11.0 Å². The fraction of sp³-hybridized carbons (Fsp3) is 0.435. The smallest absolute Gasteiger partial charge is 0.384 e. The van der Waals surface area contributed by atoms with Gasteiger partial charge in [0.1, 0.15) is 11.2 Å². The van der Waals surface area contributed by atoms with Gasteiger partial charge in [0.25, 0.3) is 5.56 Å². The number of rotatable bonds is 4. The predicted molar refractivity (Wildman–Crippen MR) is 117 cm³/mol. The lowest BCUT2D eigenvalue weighted by atomic mass is 10.1. The molecule has 1 aliphatic heterocycles. The van der Waals surface area contributed by atoms with Gasteiger partial charge in [0.2, 0.25) is 0 Å². The predicted octanol–water partition coefficient (Wildman–Crippen LogP) is 2.95. The number of halogens is 3. The van der Waals surface area contributed by atoms with Crippen LogP contribution >= 0.6 is 0 Å². The number of aromatic amines is 1. The summed E-state index contributed by atoms with van der Waals surface area (Å²) in [4.78, 5) is 27.5. The zero-order valence-electron chi connectivity index (χ0n) is 18.1. The van der Waals surface area contributed by atoms with Gasteiger partial charge < -0.3 is 15.0 Å². The maximum absolute atomic E-state index is 13.2. The molecule has 0 bridgehead atoms. The van der Waals surface area contributed by atoms with E-state index in [-0.39, 0.29) is 11.1 Å². The van der Waals surface area contributed by atoms with E-state index in [1.54, 1.807) is 12.3 Å². The zero-order chi connectivity index (χ0) is 23.4. The van der Waals surface area contributed by atoms with Gasteiger partial charge in [0.15, 0.2) is 0 Å². The molecule has 174 valence electrons. The maximum atomic E-state index is 13.2. The number of hydrogen-bond donors (Lipinski definition) is 2. The van der Waals surface area contributed by atoms with E-state index >= 15 is 0 Å². The van der Waals surface area contributed by atoms with Gasteiger partial charge in [0, 0.05) is 38.9 Å². The maximum Gasteiger partial charge on any atom is 0.422 e. The zero-order valence-corrected chi connectivity index (χ0v) is 18.1. The number of fused-ring (bicyclic) bond motifs is 1. The van der Waals surface area contributed by atoms with Crippen LogP contribution in [0.5, 0.6) is 0 Å². The lowest BCUT2D eigenvalue weighted by Gasteiger charge is -2.36. The largest absolute Gasteiger partial charge is 0.422 e. The van der Waals surface area contributed by atoms with E-state index in [9.17, 15) is 23.1 Å². The second kappa shape index (κ2) is 7.81. The van der Waals surface area contributed by atoms with Crippen LogP contribution in [0.1, 0.15) is 35.2 Å². The molecule has 10 heteroatoms. The number of alkyl halides is 3. The third-order valence-electron chi connectivity index (χ3n) is 6.53. The van der Waals surface area contributed by atoms with Crippen LogP contribution in [0.3, 0.4) is 0 Å². The van der Waals surface area contributed by atoms with E-state index in [0.29, 0.717) is 12.1 Å². The Labute approximate surface area is 187 Å². The number of aromatic nitrogens is 3. The molecule has 0 unspecified atom stereocenters. The molecule has 0 atom stereocenters. The van der Waals surface area contributed by atoms with Gasteiger partial charge in [-0.05, 0) is 49.1 Å². The molecule has 4 heterocycles. The summed E-state index contributed by atoms with van der Waals surface area (Å²) in [5, 5.41) is 10.2. The first-order chi connectivity index (χ1) is 15.6. The number of hydrogen-bond acceptors (Lipinski definition) is 6. The molecule has 0 amide bonds. The molecular formula is C23H24F3N5O2. The van der Waals surface area contributed by atoms with Crippen molar-refractivity contribution in [3.05, 3.63) is 63.3 Å². The van der Waals surface area contributed by atoms with Gasteiger partial charge in [0.05, 0.1) is 28.6 Å². The number of H-pyrrole nitrogens is 1. The summed E-state index contributed by atoms with van der Waals surface area (Å²) in [6, 6.07) is 5.59. The topological polar surface area (TPSA) is 85.4 Å².